The minimum Gasteiger partial charge on any atom is -0.482 e. The van der Waals surface area contributed by atoms with Gasteiger partial charge >= 0.3 is 12.1 Å². The lowest BCUT2D eigenvalue weighted by atomic mass is 10.2. The summed E-state index contributed by atoms with van der Waals surface area (Å²) < 4.78 is 10.2. The van der Waals surface area contributed by atoms with Crippen molar-refractivity contribution in [3.8, 4) is 5.75 Å². The van der Waals surface area contributed by atoms with Crippen molar-refractivity contribution in [2.24, 2.45) is 0 Å². The minimum atomic E-state index is -1.04. The second-order valence-electron chi connectivity index (χ2n) is 5.29. The van der Waals surface area contributed by atoms with E-state index in [0.29, 0.717) is 11.4 Å². The molecule has 0 saturated carbocycles. The van der Waals surface area contributed by atoms with Gasteiger partial charge in [0.15, 0.2) is 6.61 Å². The largest absolute Gasteiger partial charge is 0.482 e. The van der Waals surface area contributed by atoms with Crippen molar-refractivity contribution in [1.29, 1.82) is 0 Å². The molecule has 0 spiro atoms. The number of benzene rings is 1. The highest BCUT2D eigenvalue weighted by Gasteiger charge is 2.16. The molecule has 0 atom stereocenters. The number of carbonyl (C=O) groups excluding carboxylic acids is 1. The average molecular weight is 281 g/mol. The Morgan fingerprint density at radius 2 is 1.95 bits per heavy atom. The fraction of sp³-hybridized carbons (Fsp3) is 0.429. The standard InChI is InChI=1S/C14H19NO5/c1-9-7-10(15-13(18)20-14(2,3)4)5-6-11(9)19-8-12(16)17/h5-7H,8H2,1-4H3,(H,15,18)(H,16,17). The molecule has 0 heterocycles. The molecule has 1 rings (SSSR count). The molecule has 6 nitrogen and oxygen atoms in total. The van der Waals surface area contributed by atoms with Gasteiger partial charge in [-0.1, -0.05) is 0 Å². The van der Waals surface area contributed by atoms with Crippen molar-refractivity contribution < 1.29 is 24.2 Å². The van der Waals surface area contributed by atoms with Gasteiger partial charge < -0.3 is 14.6 Å². The van der Waals surface area contributed by atoms with E-state index in [1.807, 2.05) is 0 Å². The molecule has 6 heteroatoms. The van der Waals surface area contributed by atoms with E-state index in [2.05, 4.69) is 5.32 Å². The normalized spacial score (nSPS) is 10.8. The van der Waals surface area contributed by atoms with Crippen LogP contribution in [0, 0.1) is 6.92 Å². The molecule has 20 heavy (non-hydrogen) atoms. The summed E-state index contributed by atoms with van der Waals surface area (Å²) in [4.78, 5) is 22.0. The molecule has 0 aliphatic carbocycles. The third-order valence-corrected chi connectivity index (χ3v) is 2.17. The van der Waals surface area contributed by atoms with Gasteiger partial charge in [0.05, 0.1) is 0 Å². The van der Waals surface area contributed by atoms with E-state index < -0.39 is 24.3 Å². The Morgan fingerprint density at radius 3 is 2.45 bits per heavy atom. The Kier molecular flexibility index (Phi) is 4.96. The van der Waals surface area contributed by atoms with Crippen molar-refractivity contribution in [2.75, 3.05) is 11.9 Å². The van der Waals surface area contributed by atoms with E-state index in [9.17, 15) is 9.59 Å². The molecule has 0 aliphatic rings. The van der Waals surface area contributed by atoms with Gasteiger partial charge in [-0.3, -0.25) is 5.32 Å². The maximum atomic E-state index is 11.6. The van der Waals surface area contributed by atoms with Crippen molar-refractivity contribution in [3.63, 3.8) is 0 Å². The minimum absolute atomic E-state index is 0.403. The summed E-state index contributed by atoms with van der Waals surface area (Å²) in [7, 11) is 0. The van der Waals surface area contributed by atoms with Gasteiger partial charge in [0.1, 0.15) is 11.4 Å². The predicted octanol–water partition coefficient (Wildman–Crippen LogP) is 2.81. The van der Waals surface area contributed by atoms with Crippen LogP contribution in [0.5, 0.6) is 5.75 Å². The zero-order valence-electron chi connectivity index (χ0n) is 12.0. The quantitative estimate of drug-likeness (QED) is 0.886. The molecule has 1 amide bonds. The van der Waals surface area contributed by atoms with Gasteiger partial charge in [0.25, 0.3) is 0 Å². The van der Waals surface area contributed by atoms with Crippen LogP contribution in [0.2, 0.25) is 0 Å². The van der Waals surface area contributed by atoms with Crippen LogP contribution in [0.15, 0.2) is 18.2 Å². The van der Waals surface area contributed by atoms with E-state index in [1.165, 1.54) is 0 Å². The summed E-state index contributed by atoms with van der Waals surface area (Å²) in [6.07, 6.45) is -0.545. The number of hydrogen-bond acceptors (Lipinski definition) is 4. The van der Waals surface area contributed by atoms with Crippen LogP contribution in [-0.2, 0) is 9.53 Å². The Labute approximate surface area is 117 Å². The van der Waals surface area contributed by atoms with Crippen LogP contribution in [-0.4, -0.2) is 29.4 Å². The van der Waals surface area contributed by atoms with E-state index in [1.54, 1.807) is 45.9 Å². The molecule has 0 bridgehead atoms. The number of carbonyl (C=O) groups is 2. The molecule has 0 aliphatic heterocycles. The summed E-state index contributed by atoms with van der Waals surface area (Å²) in [5.74, 6) is -0.581. The number of aryl methyl sites for hydroxylation is 1. The van der Waals surface area contributed by atoms with Crippen LogP contribution in [0.4, 0.5) is 10.5 Å². The summed E-state index contributed by atoms with van der Waals surface area (Å²) in [5.41, 5.74) is 0.711. The fourth-order valence-electron chi connectivity index (χ4n) is 1.45. The molecule has 1 aromatic rings. The van der Waals surface area contributed by atoms with Gasteiger partial charge in [-0.25, -0.2) is 9.59 Å². The van der Waals surface area contributed by atoms with Gasteiger partial charge in [-0.15, -0.1) is 0 Å². The number of hydrogen-bond donors (Lipinski definition) is 2. The van der Waals surface area contributed by atoms with Crippen LogP contribution < -0.4 is 10.1 Å². The van der Waals surface area contributed by atoms with E-state index in [-0.39, 0.29) is 0 Å². The Balaban J connectivity index is 2.67. The second kappa shape index (κ2) is 6.27. The molecule has 0 radical (unpaired) electrons. The number of rotatable bonds is 4. The molecule has 0 saturated heterocycles. The third-order valence-electron chi connectivity index (χ3n) is 2.17. The monoisotopic (exact) mass is 281 g/mol. The summed E-state index contributed by atoms with van der Waals surface area (Å²) in [6.45, 7) is 6.69. The number of carboxylic acid groups (broad SMARTS) is 1. The zero-order chi connectivity index (χ0) is 15.3. The fourth-order valence-corrected chi connectivity index (χ4v) is 1.45. The van der Waals surface area contributed by atoms with Crippen molar-refractivity contribution >= 4 is 17.7 Å². The Hall–Kier alpha value is -2.24. The molecule has 2 N–H and O–H groups in total. The van der Waals surface area contributed by atoms with Crippen LogP contribution in [0.3, 0.4) is 0 Å². The van der Waals surface area contributed by atoms with E-state index >= 15 is 0 Å². The number of nitrogens with one attached hydrogen (secondary N) is 1. The highest BCUT2D eigenvalue weighted by atomic mass is 16.6. The topological polar surface area (TPSA) is 84.9 Å². The second-order valence-corrected chi connectivity index (χ2v) is 5.29. The van der Waals surface area contributed by atoms with Crippen molar-refractivity contribution in [3.05, 3.63) is 23.8 Å². The first-order valence-electron chi connectivity index (χ1n) is 6.12. The van der Waals surface area contributed by atoms with Crippen molar-refractivity contribution in [2.45, 2.75) is 33.3 Å². The molecular formula is C14H19NO5. The molecule has 0 unspecified atom stereocenters. The maximum Gasteiger partial charge on any atom is 0.412 e. The number of anilines is 1. The van der Waals surface area contributed by atoms with Crippen LogP contribution in [0.1, 0.15) is 26.3 Å². The molecule has 1 aromatic carbocycles. The third kappa shape index (κ3) is 5.60. The smallest absolute Gasteiger partial charge is 0.412 e. The van der Waals surface area contributed by atoms with Gasteiger partial charge in [0.2, 0.25) is 0 Å². The number of aliphatic carboxylic acids is 1. The first-order chi connectivity index (χ1) is 9.17. The maximum absolute atomic E-state index is 11.6. The lowest BCUT2D eigenvalue weighted by Crippen LogP contribution is -2.27. The van der Waals surface area contributed by atoms with E-state index in [0.717, 1.165) is 5.56 Å². The SMILES string of the molecule is Cc1cc(NC(=O)OC(C)(C)C)ccc1OCC(=O)O. The zero-order valence-corrected chi connectivity index (χ0v) is 12.0. The van der Waals surface area contributed by atoms with Crippen LogP contribution in [0.25, 0.3) is 0 Å². The van der Waals surface area contributed by atoms with Gasteiger partial charge in [-0.2, -0.15) is 0 Å². The summed E-state index contributed by atoms with van der Waals surface area (Å²) >= 11 is 0. The highest BCUT2D eigenvalue weighted by Crippen LogP contribution is 2.22. The van der Waals surface area contributed by atoms with Gasteiger partial charge in [-0.05, 0) is 51.5 Å². The molecule has 110 valence electrons. The molecule has 0 aromatic heterocycles. The number of ether oxygens (including phenoxy) is 2. The first-order valence-corrected chi connectivity index (χ1v) is 6.12. The Bertz CT molecular complexity index is 505. The van der Waals surface area contributed by atoms with Crippen molar-refractivity contribution in [1.82, 2.24) is 0 Å². The lowest BCUT2D eigenvalue weighted by Gasteiger charge is -2.20. The lowest BCUT2D eigenvalue weighted by molar-refractivity contribution is -0.139. The Morgan fingerprint density at radius 1 is 1.30 bits per heavy atom. The average Bonchev–Trinajstić information content (AvgIpc) is 2.24. The predicted molar refractivity (Wildman–Crippen MR) is 74.2 cm³/mol. The van der Waals surface area contributed by atoms with Crippen LogP contribution >= 0.6 is 0 Å². The highest BCUT2D eigenvalue weighted by molar-refractivity contribution is 5.85. The molecular weight excluding hydrogens is 262 g/mol. The van der Waals surface area contributed by atoms with Gasteiger partial charge in [0, 0.05) is 5.69 Å². The van der Waals surface area contributed by atoms with E-state index in [4.69, 9.17) is 14.6 Å². The first kappa shape index (κ1) is 15.8. The number of amides is 1. The molecule has 0 fully saturated rings. The summed E-state index contributed by atoms with van der Waals surface area (Å²) in [6, 6.07) is 4.90. The summed E-state index contributed by atoms with van der Waals surface area (Å²) in [5, 5.41) is 11.1. The number of carboxylic acids is 1.